The quantitative estimate of drug-likeness (QED) is 0.898. The van der Waals surface area contributed by atoms with E-state index in [-0.39, 0.29) is 11.3 Å². The summed E-state index contributed by atoms with van der Waals surface area (Å²) in [5.41, 5.74) is 0.939. The number of halogens is 1. The molecule has 0 spiro atoms. The molecule has 0 aliphatic carbocycles. The van der Waals surface area contributed by atoms with Crippen molar-refractivity contribution >= 4 is 5.97 Å². The Bertz CT molecular complexity index is 567. The summed E-state index contributed by atoms with van der Waals surface area (Å²) in [6.07, 6.45) is 0.664. The van der Waals surface area contributed by atoms with Crippen LogP contribution in [0.2, 0.25) is 0 Å². The normalized spacial score (nSPS) is 10.2. The molecule has 0 radical (unpaired) electrons. The van der Waals surface area contributed by atoms with Gasteiger partial charge in [0.05, 0.1) is 6.61 Å². The summed E-state index contributed by atoms with van der Waals surface area (Å²) in [7, 11) is 0. The Morgan fingerprint density at radius 3 is 2.58 bits per heavy atom. The molecule has 0 atom stereocenters. The molecule has 98 valence electrons. The lowest BCUT2D eigenvalue weighted by molar-refractivity contribution is 0.0691. The number of carboxylic acid groups (broad SMARTS) is 1. The van der Waals surface area contributed by atoms with Crippen LogP contribution in [-0.4, -0.2) is 17.7 Å². The fourth-order valence-corrected chi connectivity index (χ4v) is 1.72. The van der Waals surface area contributed by atoms with Crippen LogP contribution in [0.1, 0.15) is 15.9 Å². The molecule has 2 aromatic carbocycles. The van der Waals surface area contributed by atoms with Gasteiger partial charge in [-0.3, -0.25) is 0 Å². The lowest BCUT2D eigenvalue weighted by Gasteiger charge is -2.09. The van der Waals surface area contributed by atoms with Crippen LogP contribution in [0.4, 0.5) is 4.39 Å². The molecule has 19 heavy (non-hydrogen) atoms. The van der Waals surface area contributed by atoms with Crippen molar-refractivity contribution in [1.29, 1.82) is 0 Å². The van der Waals surface area contributed by atoms with Crippen molar-refractivity contribution in [3.8, 4) is 5.75 Å². The third-order valence-electron chi connectivity index (χ3n) is 2.66. The van der Waals surface area contributed by atoms with E-state index >= 15 is 0 Å². The Hall–Kier alpha value is -2.36. The summed E-state index contributed by atoms with van der Waals surface area (Å²) < 4.78 is 18.4. The van der Waals surface area contributed by atoms with E-state index in [1.807, 2.05) is 30.3 Å². The highest BCUT2D eigenvalue weighted by Crippen LogP contribution is 2.20. The van der Waals surface area contributed by atoms with Crippen molar-refractivity contribution in [3.05, 3.63) is 65.5 Å². The van der Waals surface area contributed by atoms with E-state index in [1.54, 1.807) is 0 Å². The van der Waals surface area contributed by atoms with Gasteiger partial charge in [0.25, 0.3) is 0 Å². The second-order valence-corrected chi connectivity index (χ2v) is 4.03. The smallest absolute Gasteiger partial charge is 0.339 e. The predicted molar refractivity (Wildman–Crippen MR) is 69.0 cm³/mol. The van der Waals surface area contributed by atoms with Gasteiger partial charge in [-0.15, -0.1) is 0 Å². The predicted octanol–water partition coefficient (Wildman–Crippen LogP) is 3.15. The molecule has 2 aromatic rings. The highest BCUT2D eigenvalue weighted by molar-refractivity contribution is 5.90. The fourth-order valence-electron chi connectivity index (χ4n) is 1.72. The summed E-state index contributed by atoms with van der Waals surface area (Å²) in [5.74, 6) is -1.60. The standard InChI is InChI=1S/C15H13FO3/c16-12-6-7-14(13(10-12)15(17)18)19-9-8-11-4-2-1-3-5-11/h1-7,10H,8-9H2,(H,17,18). The molecule has 0 bridgehead atoms. The van der Waals surface area contributed by atoms with Crippen LogP contribution in [0.25, 0.3) is 0 Å². The van der Waals surface area contributed by atoms with E-state index < -0.39 is 11.8 Å². The topological polar surface area (TPSA) is 46.5 Å². The average Bonchev–Trinajstić information content (AvgIpc) is 2.41. The number of carbonyl (C=O) groups is 1. The third-order valence-corrected chi connectivity index (χ3v) is 2.66. The van der Waals surface area contributed by atoms with Gasteiger partial charge < -0.3 is 9.84 Å². The highest BCUT2D eigenvalue weighted by Gasteiger charge is 2.12. The Kier molecular flexibility index (Phi) is 4.13. The minimum Gasteiger partial charge on any atom is -0.492 e. The van der Waals surface area contributed by atoms with Crippen LogP contribution >= 0.6 is 0 Å². The van der Waals surface area contributed by atoms with Gasteiger partial charge >= 0.3 is 5.97 Å². The second kappa shape index (κ2) is 6.00. The summed E-state index contributed by atoms with van der Waals surface area (Å²) in [6, 6.07) is 13.2. The number of aromatic carboxylic acids is 1. The lowest BCUT2D eigenvalue weighted by atomic mass is 10.1. The first-order chi connectivity index (χ1) is 9.16. The van der Waals surface area contributed by atoms with Crippen LogP contribution in [0.15, 0.2) is 48.5 Å². The number of hydrogen-bond acceptors (Lipinski definition) is 2. The number of ether oxygens (including phenoxy) is 1. The van der Waals surface area contributed by atoms with Crippen LogP contribution < -0.4 is 4.74 Å². The molecule has 0 saturated carbocycles. The Morgan fingerprint density at radius 1 is 1.16 bits per heavy atom. The number of benzene rings is 2. The van der Waals surface area contributed by atoms with E-state index in [9.17, 15) is 9.18 Å². The van der Waals surface area contributed by atoms with Crippen LogP contribution in [0.5, 0.6) is 5.75 Å². The molecule has 0 aliphatic heterocycles. The Morgan fingerprint density at radius 2 is 1.89 bits per heavy atom. The first-order valence-electron chi connectivity index (χ1n) is 5.86. The zero-order valence-corrected chi connectivity index (χ0v) is 10.2. The van der Waals surface area contributed by atoms with E-state index in [4.69, 9.17) is 9.84 Å². The van der Waals surface area contributed by atoms with Crippen LogP contribution in [0.3, 0.4) is 0 Å². The van der Waals surface area contributed by atoms with E-state index in [2.05, 4.69) is 0 Å². The average molecular weight is 260 g/mol. The molecule has 0 unspecified atom stereocenters. The first kappa shape index (κ1) is 13.1. The summed E-state index contributed by atoms with van der Waals surface area (Å²) in [4.78, 5) is 11.0. The molecule has 4 heteroatoms. The van der Waals surface area contributed by atoms with Gasteiger partial charge in [0.15, 0.2) is 0 Å². The molecule has 0 saturated heterocycles. The minimum absolute atomic E-state index is 0.159. The maximum Gasteiger partial charge on any atom is 0.339 e. The van der Waals surface area contributed by atoms with Gasteiger partial charge in [-0.2, -0.15) is 0 Å². The second-order valence-electron chi connectivity index (χ2n) is 4.03. The Labute approximate surface area is 110 Å². The summed E-state index contributed by atoms with van der Waals surface area (Å²) in [5, 5.41) is 8.96. The zero-order valence-electron chi connectivity index (χ0n) is 10.2. The van der Waals surface area contributed by atoms with E-state index in [1.165, 1.54) is 12.1 Å². The molecule has 0 aliphatic rings. The van der Waals surface area contributed by atoms with Crippen molar-refractivity contribution in [1.82, 2.24) is 0 Å². The number of hydrogen-bond donors (Lipinski definition) is 1. The molecule has 3 nitrogen and oxygen atoms in total. The van der Waals surface area contributed by atoms with Crippen molar-refractivity contribution in [2.45, 2.75) is 6.42 Å². The van der Waals surface area contributed by atoms with Crippen LogP contribution in [0, 0.1) is 5.82 Å². The minimum atomic E-state index is -1.20. The maximum absolute atomic E-state index is 13.0. The molecule has 0 amide bonds. The van der Waals surface area contributed by atoms with Gasteiger partial charge in [-0.25, -0.2) is 9.18 Å². The lowest BCUT2D eigenvalue weighted by Crippen LogP contribution is -2.06. The van der Waals surface area contributed by atoms with Crippen LogP contribution in [-0.2, 0) is 6.42 Å². The van der Waals surface area contributed by atoms with Crippen molar-refractivity contribution in [2.24, 2.45) is 0 Å². The van der Waals surface area contributed by atoms with Crippen molar-refractivity contribution < 1.29 is 19.0 Å². The van der Waals surface area contributed by atoms with E-state index in [0.717, 1.165) is 11.6 Å². The molecule has 1 N–H and O–H groups in total. The molecule has 0 fully saturated rings. The Balaban J connectivity index is 2.02. The molecule has 2 rings (SSSR count). The van der Waals surface area contributed by atoms with Gasteiger partial charge in [0.2, 0.25) is 0 Å². The van der Waals surface area contributed by atoms with Crippen molar-refractivity contribution in [3.63, 3.8) is 0 Å². The summed E-state index contributed by atoms with van der Waals surface area (Å²) in [6.45, 7) is 0.343. The number of carboxylic acids is 1. The fraction of sp³-hybridized carbons (Fsp3) is 0.133. The molecular weight excluding hydrogens is 247 g/mol. The molecule has 0 heterocycles. The maximum atomic E-state index is 13.0. The largest absolute Gasteiger partial charge is 0.492 e. The third kappa shape index (κ3) is 3.55. The van der Waals surface area contributed by atoms with Gasteiger partial charge in [0.1, 0.15) is 17.1 Å². The first-order valence-corrected chi connectivity index (χ1v) is 5.86. The van der Waals surface area contributed by atoms with Gasteiger partial charge in [-0.05, 0) is 23.8 Å². The molecular formula is C15H13FO3. The van der Waals surface area contributed by atoms with Gasteiger partial charge in [-0.1, -0.05) is 30.3 Å². The SMILES string of the molecule is O=C(O)c1cc(F)ccc1OCCc1ccccc1. The number of rotatable bonds is 5. The van der Waals surface area contributed by atoms with E-state index in [0.29, 0.717) is 13.0 Å². The monoisotopic (exact) mass is 260 g/mol. The zero-order chi connectivity index (χ0) is 13.7. The summed E-state index contributed by atoms with van der Waals surface area (Å²) >= 11 is 0. The van der Waals surface area contributed by atoms with Crippen molar-refractivity contribution in [2.75, 3.05) is 6.61 Å². The highest BCUT2D eigenvalue weighted by atomic mass is 19.1. The molecule has 0 aromatic heterocycles. The van der Waals surface area contributed by atoms with Gasteiger partial charge in [0, 0.05) is 6.42 Å².